The van der Waals surface area contributed by atoms with Crippen molar-refractivity contribution in [3.05, 3.63) is 105 Å². The number of aryl methyl sites for hydroxylation is 1. The number of nitrogens with zero attached hydrogens (tertiary/aromatic N) is 4. The van der Waals surface area contributed by atoms with Gasteiger partial charge >= 0.3 is 0 Å². The molecule has 0 saturated carbocycles. The average molecular weight is 827 g/mol. The van der Waals surface area contributed by atoms with Gasteiger partial charge in [0.05, 0.1) is 24.2 Å². The molecule has 0 aliphatic carbocycles. The first-order chi connectivity index (χ1) is 28.2. The standard InChI is InChI=1S/C41H40F2N8O7S/c1-49-19-29-27-13-22(21-59(2,57)58)26(15-33(27)50(37-30(43)14-24(42)17-47-37)18-23-16-46-36(35(23)29)41(49)56)38(53)45-12-5-3-4-11-44-31-8-6-7-25-28(31)20-51(40(25)55)32-9-10-34(52)48-39(32)54/h6-8,13-17,19,32,44,46H,3-5,9-12,18,20-21H2,1-2H3,(H,45,53)(H,48,52,54). The average Bonchev–Trinajstić information content (AvgIpc) is 3.72. The number of rotatable bonds is 12. The summed E-state index contributed by atoms with van der Waals surface area (Å²) < 4.78 is 56.4. The molecule has 15 nitrogen and oxygen atoms in total. The maximum atomic E-state index is 15.5. The molecule has 5 aromatic rings. The van der Waals surface area contributed by atoms with Crippen LogP contribution in [0.2, 0.25) is 0 Å². The lowest BCUT2D eigenvalue weighted by Gasteiger charge is -2.29. The van der Waals surface area contributed by atoms with Gasteiger partial charge in [0, 0.05) is 96.7 Å². The van der Waals surface area contributed by atoms with E-state index in [2.05, 4.69) is 25.9 Å². The van der Waals surface area contributed by atoms with E-state index in [1.807, 2.05) is 6.07 Å². The molecule has 4 N–H and O–H groups in total. The van der Waals surface area contributed by atoms with Crippen LogP contribution in [-0.2, 0) is 45.3 Å². The fraction of sp³-hybridized carbons (Fsp3) is 0.317. The lowest BCUT2D eigenvalue weighted by atomic mass is 9.96. The topological polar surface area (TPSA) is 196 Å². The molecule has 4 amide bonds. The Bertz CT molecular complexity index is 2770. The monoisotopic (exact) mass is 826 g/mol. The number of carbonyl (C=O) groups excluding carboxylic acids is 4. The van der Waals surface area contributed by atoms with Crippen LogP contribution in [0.15, 0.2) is 59.8 Å². The van der Waals surface area contributed by atoms with Gasteiger partial charge in [0.15, 0.2) is 21.5 Å². The predicted octanol–water partition coefficient (Wildman–Crippen LogP) is 4.18. The quantitative estimate of drug-likeness (QED) is 0.105. The molecule has 0 bridgehead atoms. The summed E-state index contributed by atoms with van der Waals surface area (Å²) in [5.74, 6) is -4.16. The molecule has 8 rings (SSSR count). The molecule has 3 aromatic heterocycles. The van der Waals surface area contributed by atoms with Gasteiger partial charge in [-0.05, 0) is 61.1 Å². The van der Waals surface area contributed by atoms with E-state index in [4.69, 9.17) is 0 Å². The third-order valence-electron chi connectivity index (χ3n) is 11.0. The van der Waals surface area contributed by atoms with E-state index in [1.54, 1.807) is 37.6 Å². The van der Waals surface area contributed by atoms with Crippen molar-refractivity contribution in [3.8, 4) is 11.1 Å². The van der Waals surface area contributed by atoms with Crippen molar-refractivity contribution in [2.45, 2.75) is 57.0 Å². The van der Waals surface area contributed by atoms with Crippen molar-refractivity contribution in [2.75, 3.05) is 29.6 Å². The first-order valence-electron chi connectivity index (χ1n) is 19.1. The van der Waals surface area contributed by atoms with E-state index in [1.165, 1.54) is 20.4 Å². The molecular formula is C41H40F2N8O7S. The number of aromatic nitrogens is 3. The van der Waals surface area contributed by atoms with Gasteiger partial charge in [0.2, 0.25) is 11.8 Å². The highest BCUT2D eigenvalue weighted by Crippen LogP contribution is 2.45. The molecule has 18 heteroatoms. The van der Waals surface area contributed by atoms with Crippen LogP contribution in [0.1, 0.15) is 69.5 Å². The smallest absolute Gasteiger partial charge is 0.274 e. The van der Waals surface area contributed by atoms with Crippen LogP contribution in [0.4, 0.5) is 26.0 Å². The Hall–Kier alpha value is -6.43. The molecule has 3 aliphatic rings. The van der Waals surface area contributed by atoms with E-state index in [0.29, 0.717) is 70.7 Å². The van der Waals surface area contributed by atoms with Crippen molar-refractivity contribution in [1.29, 1.82) is 0 Å². The number of sulfone groups is 1. The second-order valence-electron chi connectivity index (χ2n) is 15.1. The number of amides is 4. The van der Waals surface area contributed by atoms with Gasteiger partial charge in [0.25, 0.3) is 17.4 Å². The molecule has 1 saturated heterocycles. The van der Waals surface area contributed by atoms with Gasteiger partial charge in [-0.15, -0.1) is 0 Å². The molecule has 2 aromatic carbocycles. The summed E-state index contributed by atoms with van der Waals surface area (Å²) in [6.45, 7) is 1.05. The number of nitrogens with one attached hydrogen (secondary N) is 4. The van der Waals surface area contributed by atoms with Gasteiger partial charge in [-0.25, -0.2) is 22.2 Å². The first kappa shape index (κ1) is 39.4. The van der Waals surface area contributed by atoms with Crippen LogP contribution >= 0.6 is 0 Å². The first-order valence-corrected chi connectivity index (χ1v) is 21.2. The highest BCUT2D eigenvalue weighted by atomic mass is 32.2. The number of fused-ring (bicyclic) bond motifs is 3. The van der Waals surface area contributed by atoms with Crippen molar-refractivity contribution < 1.29 is 36.4 Å². The number of aromatic amines is 1. The zero-order valence-corrected chi connectivity index (χ0v) is 33.0. The van der Waals surface area contributed by atoms with Crippen molar-refractivity contribution >= 4 is 61.6 Å². The minimum atomic E-state index is -3.67. The zero-order chi connectivity index (χ0) is 41.7. The Morgan fingerprint density at radius 3 is 2.56 bits per heavy atom. The molecule has 0 spiro atoms. The van der Waals surface area contributed by atoms with Crippen molar-refractivity contribution in [2.24, 2.45) is 7.05 Å². The van der Waals surface area contributed by atoms with E-state index in [0.717, 1.165) is 23.7 Å². The number of anilines is 3. The lowest BCUT2D eigenvalue weighted by Crippen LogP contribution is -2.52. The van der Waals surface area contributed by atoms with Gasteiger partial charge in [-0.3, -0.25) is 29.3 Å². The highest BCUT2D eigenvalue weighted by molar-refractivity contribution is 7.89. The Morgan fingerprint density at radius 1 is 1.00 bits per heavy atom. The number of H-pyrrole nitrogens is 1. The van der Waals surface area contributed by atoms with Crippen LogP contribution in [0, 0.1) is 11.6 Å². The minimum Gasteiger partial charge on any atom is -0.385 e. The predicted molar refractivity (Wildman–Crippen MR) is 215 cm³/mol. The Kier molecular flexibility index (Phi) is 10.3. The van der Waals surface area contributed by atoms with Crippen LogP contribution in [-0.4, -0.2) is 76.9 Å². The summed E-state index contributed by atoms with van der Waals surface area (Å²) in [6.07, 6.45) is 7.61. The van der Waals surface area contributed by atoms with E-state index in [-0.39, 0.29) is 66.8 Å². The van der Waals surface area contributed by atoms with Crippen molar-refractivity contribution in [1.82, 2.24) is 30.1 Å². The Balaban J connectivity index is 0.984. The number of unbranched alkanes of at least 4 members (excludes halogenated alkanes) is 2. The van der Waals surface area contributed by atoms with Crippen LogP contribution in [0.3, 0.4) is 0 Å². The van der Waals surface area contributed by atoms with E-state index < -0.39 is 45.1 Å². The second kappa shape index (κ2) is 15.4. The number of hydrogen-bond donors (Lipinski definition) is 4. The molecule has 3 aliphatic heterocycles. The molecular weight excluding hydrogens is 787 g/mol. The summed E-state index contributed by atoms with van der Waals surface area (Å²) in [7, 11) is -2.09. The largest absolute Gasteiger partial charge is 0.385 e. The number of benzene rings is 2. The Labute approximate surface area is 336 Å². The third-order valence-corrected chi connectivity index (χ3v) is 11.8. The fourth-order valence-electron chi connectivity index (χ4n) is 8.20. The third kappa shape index (κ3) is 7.55. The van der Waals surface area contributed by atoms with Crippen LogP contribution in [0.5, 0.6) is 0 Å². The number of pyridine rings is 2. The normalized spacial score (nSPS) is 16.2. The van der Waals surface area contributed by atoms with Gasteiger partial charge in [-0.2, -0.15) is 0 Å². The lowest BCUT2D eigenvalue weighted by molar-refractivity contribution is -0.136. The van der Waals surface area contributed by atoms with Crippen LogP contribution in [0.25, 0.3) is 22.0 Å². The second-order valence-corrected chi connectivity index (χ2v) is 17.3. The number of hydrogen-bond acceptors (Lipinski definition) is 10. The van der Waals surface area contributed by atoms with E-state index >= 15 is 4.39 Å². The summed E-state index contributed by atoms with van der Waals surface area (Å²) in [5.41, 5.74) is 4.19. The number of halogens is 2. The molecule has 6 heterocycles. The van der Waals surface area contributed by atoms with Gasteiger partial charge in [-0.1, -0.05) is 6.07 Å². The maximum Gasteiger partial charge on any atom is 0.274 e. The molecule has 1 atom stereocenters. The highest BCUT2D eigenvalue weighted by Gasteiger charge is 2.40. The van der Waals surface area contributed by atoms with Gasteiger partial charge in [0.1, 0.15) is 17.4 Å². The van der Waals surface area contributed by atoms with Crippen molar-refractivity contribution in [3.63, 3.8) is 0 Å². The fourth-order valence-corrected chi connectivity index (χ4v) is 9.00. The molecule has 306 valence electrons. The summed E-state index contributed by atoms with van der Waals surface area (Å²) >= 11 is 0. The Morgan fingerprint density at radius 2 is 1.80 bits per heavy atom. The molecule has 1 fully saturated rings. The number of imide groups is 1. The zero-order valence-electron chi connectivity index (χ0n) is 32.2. The SMILES string of the molecule is Cn1cc2c3c(c[nH]c3c1=O)CN(c1ncc(F)cc1F)c1cc(C(=O)NCCCCCNc3cccc4c3CN(C3CCC(=O)NC3=O)C4=O)c(CS(C)(=O)=O)cc1-2. The number of carbonyl (C=O) groups is 4. The summed E-state index contributed by atoms with van der Waals surface area (Å²) in [5, 5.41) is 9.15. The minimum absolute atomic E-state index is 0.0105. The summed E-state index contributed by atoms with van der Waals surface area (Å²) in [6, 6.07) is 8.43. The van der Waals surface area contributed by atoms with Crippen LogP contribution < -0.4 is 26.4 Å². The summed E-state index contributed by atoms with van der Waals surface area (Å²) in [4.78, 5) is 74.4. The van der Waals surface area contributed by atoms with E-state index in [9.17, 15) is 36.8 Å². The molecule has 59 heavy (non-hydrogen) atoms. The molecule has 1 unspecified atom stereocenters. The van der Waals surface area contributed by atoms with Gasteiger partial charge < -0.3 is 30.0 Å². The maximum absolute atomic E-state index is 15.5. The molecule has 0 radical (unpaired) electrons. The number of piperidine rings is 1.